The fourth-order valence-electron chi connectivity index (χ4n) is 3.70. The number of pyridine rings is 1. The van der Waals surface area contributed by atoms with E-state index in [0.717, 1.165) is 36.5 Å². The molecule has 0 spiro atoms. The van der Waals surface area contributed by atoms with Gasteiger partial charge in [0.2, 0.25) is 0 Å². The number of hydrogen-bond donors (Lipinski definition) is 2. The van der Waals surface area contributed by atoms with Crippen LogP contribution in [-0.4, -0.2) is 87.6 Å². The standard InChI is InChI=1S/C25H26N4O4.Na.H/c30-24(31)21-6-1-5-20(14-21)18-33-23-8-2-4-19(15-23)17-28-10-12-29(13-11-28)25(32)27-22-7-3-9-26-16-22;;/h1-9,14-16H,10-13,17-18H2,(H,27,32)(H,30,31);;. The van der Waals surface area contributed by atoms with E-state index in [0.29, 0.717) is 25.4 Å². The Labute approximate surface area is 220 Å². The number of carboxylic acids is 1. The Morgan fingerprint density at radius 3 is 2.47 bits per heavy atom. The molecule has 1 aliphatic rings. The molecule has 1 fully saturated rings. The minimum atomic E-state index is -0.950. The number of nitrogens with zero attached hydrogens (tertiary/aromatic N) is 3. The van der Waals surface area contributed by atoms with Gasteiger partial charge in [-0.3, -0.25) is 9.88 Å². The Balaban J connectivity index is 0.00000324. The molecule has 2 amide bonds. The van der Waals surface area contributed by atoms with Gasteiger partial charge in [-0.25, -0.2) is 9.59 Å². The first-order valence-corrected chi connectivity index (χ1v) is 10.8. The van der Waals surface area contributed by atoms with Crippen molar-refractivity contribution in [2.75, 3.05) is 31.5 Å². The zero-order valence-corrected chi connectivity index (χ0v) is 18.2. The van der Waals surface area contributed by atoms with Gasteiger partial charge in [-0.1, -0.05) is 24.3 Å². The number of carboxylic acid groups (broad SMARTS) is 1. The zero-order valence-electron chi connectivity index (χ0n) is 18.2. The van der Waals surface area contributed by atoms with E-state index >= 15 is 0 Å². The van der Waals surface area contributed by atoms with Gasteiger partial charge >= 0.3 is 41.6 Å². The molecule has 0 radical (unpaired) electrons. The third kappa shape index (κ3) is 7.30. The number of ether oxygens (including phenoxy) is 1. The number of rotatable bonds is 7. The van der Waals surface area contributed by atoms with Crippen molar-refractivity contribution in [2.45, 2.75) is 13.2 Å². The van der Waals surface area contributed by atoms with Crippen LogP contribution in [0.25, 0.3) is 0 Å². The Bertz CT molecular complexity index is 1100. The van der Waals surface area contributed by atoms with Crippen LogP contribution in [0.15, 0.2) is 73.1 Å². The predicted molar refractivity (Wildman–Crippen MR) is 131 cm³/mol. The molecule has 0 bridgehead atoms. The van der Waals surface area contributed by atoms with Crippen LogP contribution in [0.4, 0.5) is 10.5 Å². The molecule has 8 nitrogen and oxygen atoms in total. The van der Waals surface area contributed by atoms with Crippen molar-refractivity contribution in [2.24, 2.45) is 0 Å². The summed E-state index contributed by atoms with van der Waals surface area (Å²) in [6.45, 7) is 3.95. The topological polar surface area (TPSA) is 95.0 Å². The number of anilines is 1. The summed E-state index contributed by atoms with van der Waals surface area (Å²) in [5.74, 6) is -0.212. The van der Waals surface area contributed by atoms with Crippen molar-refractivity contribution in [1.82, 2.24) is 14.8 Å². The Hall–Kier alpha value is -2.91. The number of hydrogen-bond acceptors (Lipinski definition) is 5. The first kappa shape index (κ1) is 25.7. The van der Waals surface area contributed by atoms with E-state index < -0.39 is 5.97 Å². The maximum absolute atomic E-state index is 12.4. The van der Waals surface area contributed by atoms with Crippen LogP contribution in [-0.2, 0) is 13.2 Å². The number of nitrogens with one attached hydrogen (secondary N) is 1. The molecule has 34 heavy (non-hydrogen) atoms. The van der Waals surface area contributed by atoms with E-state index in [4.69, 9.17) is 9.84 Å². The van der Waals surface area contributed by atoms with Gasteiger partial charge < -0.3 is 20.1 Å². The molecule has 1 saturated heterocycles. The first-order chi connectivity index (χ1) is 16.1. The molecule has 2 aromatic carbocycles. The fraction of sp³-hybridized carbons (Fsp3) is 0.240. The monoisotopic (exact) mass is 470 g/mol. The SMILES string of the molecule is O=C(O)c1cccc(COc2cccc(CN3CCN(C(=O)Nc4cccnc4)CC3)c2)c1.[NaH]. The minimum absolute atomic E-state index is 0. The molecule has 172 valence electrons. The van der Waals surface area contributed by atoms with E-state index in [-0.39, 0.29) is 41.2 Å². The Morgan fingerprint density at radius 1 is 0.971 bits per heavy atom. The van der Waals surface area contributed by atoms with Gasteiger partial charge in [-0.2, -0.15) is 0 Å². The van der Waals surface area contributed by atoms with E-state index in [1.165, 1.54) is 0 Å². The summed E-state index contributed by atoms with van der Waals surface area (Å²) >= 11 is 0. The van der Waals surface area contributed by atoms with E-state index in [2.05, 4.69) is 21.3 Å². The third-order valence-corrected chi connectivity index (χ3v) is 5.46. The van der Waals surface area contributed by atoms with Gasteiger partial charge in [0.25, 0.3) is 0 Å². The normalized spacial score (nSPS) is 13.6. The summed E-state index contributed by atoms with van der Waals surface area (Å²) in [4.78, 5) is 31.7. The molecule has 3 aromatic rings. The number of urea groups is 1. The van der Waals surface area contributed by atoms with Crippen molar-refractivity contribution >= 4 is 47.2 Å². The van der Waals surface area contributed by atoms with E-state index in [1.807, 2.05) is 35.2 Å². The number of carbonyl (C=O) groups is 2. The number of piperazine rings is 1. The van der Waals surface area contributed by atoms with Crippen molar-refractivity contribution in [3.05, 3.63) is 89.7 Å². The molecular weight excluding hydrogens is 443 g/mol. The Kier molecular flexibility index (Phi) is 9.47. The van der Waals surface area contributed by atoms with Gasteiger partial charge in [0.1, 0.15) is 12.4 Å². The number of aromatic carboxylic acids is 1. The summed E-state index contributed by atoms with van der Waals surface area (Å²) < 4.78 is 5.88. The number of carbonyl (C=O) groups excluding carboxylic acids is 1. The molecule has 4 rings (SSSR count). The average molecular weight is 471 g/mol. The Morgan fingerprint density at radius 2 is 1.74 bits per heavy atom. The van der Waals surface area contributed by atoms with Gasteiger partial charge in [0.05, 0.1) is 17.4 Å². The van der Waals surface area contributed by atoms with Crippen molar-refractivity contribution in [3.8, 4) is 5.75 Å². The molecule has 0 atom stereocenters. The molecule has 2 N–H and O–H groups in total. The van der Waals surface area contributed by atoms with Crippen LogP contribution < -0.4 is 10.1 Å². The number of aromatic nitrogens is 1. The zero-order chi connectivity index (χ0) is 23.0. The molecule has 0 saturated carbocycles. The third-order valence-electron chi connectivity index (χ3n) is 5.46. The van der Waals surface area contributed by atoms with Gasteiger partial charge in [0.15, 0.2) is 0 Å². The quantitative estimate of drug-likeness (QED) is 0.516. The molecular formula is C25H27N4NaO4. The molecule has 0 aliphatic carbocycles. The average Bonchev–Trinajstić information content (AvgIpc) is 2.84. The first-order valence-electron chi connectivity index (χ1n) is 10.8. The van der Waals surface area contributed by atoms with Gasteiger partial charge in [-0.15, -0.1) is 0 Å². The molecule has 9 heteroatoms. The summed E-state index contributed by atoms with van der Waals surface area (Å²) in [6.07, 6.45) is 3.30. The summed E-state index contributed by atoms with van der Waals surface area (Å²) in [7, 11) is 0. The van der Waals surface area contributed by atoms with Crippen LogP contribution in [0.5, 0.6) is 5.75 Å². The second-order valence-corrected chi connectivity index (χ2v) is 7.88. The van der Waals surface area contributed by atoms with Crippen molar-refractivity contribution in [1.29, 1.82) is 0 Å². The van der Waals surface area contributed by atoms with Crippen LogP contribution in [0, 0.1) is 0 Å². The summed E-state index contributed by atoms with van der Waals surface area (Å²) in [6, 6.07) is 18.2. The van der Waals surface area contributed by atoms with Crippen molar-refractivity contribution < 1.29 is 19.4 Å². The molecule has 0 unspecified atom stereocenters. The fourth-order valence-corrected chi connectivity index (χ4v) is 3.70. The molecule has 1 aromatic heterocycles. The number of benzene rings is 2. The second-order valence-electron chi connectivity index (χ2n) is 7.88. The van der Waals surface area contributed by atoms with Crippen molar-refractivity contribution in [3.63, 3.8) is 0 Å². The van der Waals surface area contributed by atoms with E-state index in [9.17, 15) is 9.59 Å². The molecule has 1 aliphatic heterocycles. The van der Waals surface area contributed by atoms with Crippen LogP contribution in [0.2, 0.25) is 0 Å². The maximum atomic E-state index is 12.4. The summed E-state index contributed by atoms with van der Waals surface area (Å²) in [5, 5.41) is 12.0. The summed E-state index contributed by atoms with van der Waals surface area (Å²) in [5.41, 5.74) is 2.87. The number of amides is 2. The van der Waals surface area contributed by atoms with E-state index in [1.54, 1.807) is 36.7 Å². The van der Waals surface area contributed by atoms with Crippen LogP contribution in [0.3, 0.4) is 0 Å². The second kappa shape index (κ2) is 12.5. The van der Waals surface area contributed by atoms with Gasteiger partial charge in [0, 0.05) is 38.9 Å². The molecule has 2 heterocycles. The van der Waals surface area contributed by atoms with Crippen LogP contribution in [0.1, 0.15) is 21.5 Å². The predicted octanol–water partition coefficient (Wildman–Crippen LogP) is 3.06. The van der Waals surface area contributed by atoms with Crippen LogP contribution >= 0.6 is 0 Å². The van der Waals surface area contributed by atoms with Gasteiger partial charge in [-0.05, 0) is 47.5 Å².